The van der Waals surface area contributed by atoms with E-state index in [2.05, 4.69) is 27.2 Å². The van der Waals surface area contributed by atoms with Crippen molar-refractivity contribution in [2.24, 2.45) is 4.99 Å². The molecule has 2 unspecified atom stereocenters. The molecule has 3 aliphatic heterocycles. The minimum atomic E-state index is -1.18. The van der Waals surface area contributed by atoms with Crippen LogP contribution in [-0.2, 0) is 4.84 Å². The molecule has 3 aliphatic rings. The molecule has 3 N–H and O–H groups in total. The molecule has 3 heterocycles. The number of nitrogens with one attached hydrogen (secondary N) is 3. The van der Waals surface area contributed by atoms with Gasteiger partial charge in [-0.05, 0) is 56.3 Å². The van der Waals surface area contributed by atoms with Gasteiger partial charge in [0.1, 0.15) is 23.4 Å². The van der Waals surface area contributed by atoms with Crippen LogP contribution in [0, 0.1) is 11.3 Å². The second kappa shape index (κ2) is 7.41. The first-order chi connectivity index (χ1) is 15.1. The Kier molecular flexibility index (Phi) is 4.56. The fourth-order valence-corrected chi connectivity index (χ4v) is 3.69. The molecule has 0 aromatic heterocycles. The highest BCUT2D eigenvalue weighted by Crippen LogP contribution is 2.42. The van der Waals surface area contributed by atoms with E-state index < -0.39 is 5.97 Å². The monoisotopic (exact) mass is 418 g/mol. The van der Waals surface area contributed by atoms with Crippen LogP contribution in [0.2, 0.25) is 0 Å². The SMILES string of the molecule is CC1=C2NOC(Nc3ccc(OC(C)CC#N)cc3)(N=C1)N2c1ccc2c(c1)NCO2. The molecule has 0 spiro atoms. The largest absolute Gasteiger partial charge is 0.490 e. The number of anilines is 3. The van der Waals surface area contributed by atoms with Crippen molar-refractivity contribution in [2.45, 2.75) is 32.3 Å². The number of ether oxygens (including phenoxy) is 2. The Labute approximate surface area is 179 Å². The van der Waals surface area contributed by atoms with Gasteiger partial charge in [0.25, 0.3) is 0 Å². The van der Waals surface area contributed by atoms with Gasteiger partial charge in [0.15, 0.2) is 6.73 Å². The predicted molar refractivity (Wildman–Crippen MR) is 117 cm³/mol. The van der Waals surface area contributed by atoms with Crippen LogP contribution in [-0.4, -0.2) is 25.0 Å². The van der Waals surface area contributed by atoms with Gasteiger partial charge in [0, 0.05) is 17.5 Å². The summed E-state index contributed by atoms with van der Waals surface area (Å²) < 4.78 is 11.3. The molecule has 0 radical (unpaired) electrons. The Morgan fingerprint density at radius 1 is 1.32 bits per heavy atom. The molecule has 0 aliphatic carbocycles. The van der Waals surface area contributed by atoms with Crippen molar-refractivity contribution in [2.75, 3.05) is 22.3 Å². The molecule has 158 valence electrons. The molecule has 9 nitrogen and oxygen atoms in total. The van der Waals surface area contributed by atoms with Gasteiger partial charge in [0.2, 0.25) is 0 Å². The maximum Gasteiger partial charge on any atom is 0.351 e. The fraction of sp³-hybridized carbons (Fsp3) is 0.273. The maximum absolute atomic E-state index is 8.80. The van der Waals surface area contributed by atoms with Crippen molar-refractivity contribution < 1.29 is 14.3 Å². The topological polar surface area (TPSA) is 103 Å². The van der Waals surface area contributed by atoms with E-state index in [1.165, 1.54) is 0 Å². The average molecular weight is 418 g/mol. The third-order valence-corrected chi connectivity index (χ3v) is 5.21. The summed E-state index contributed by atoms with van der Waals surface area (Å²) in [7, 11) is 0. The maximum atomic E-state index is 8.80. The average Bonchev–Trinajstić information content (AvgIpc) is 3.34. The number of nitriles is 1. The smallest absolute Gasteiger partial charge is 0.351 e. The molecule has 2 aromatic carbocycles. The molecule has 1 saturated heterocycles. The highest BCUT2D eigenvalue weighted by molar-refractivity contribution is 5.84. The summed E-state index contributed by atoms with van der Waals surface area (Å²) in [5.74, 6) is 1.14. The standard InChI is InChI=1S/C22H22N6O3/c1-14-12-25-22(26-16-3-6-18(7-4-16)30-15(2)9-10-23)28(21(14)27-31-22)17-5-8-20-19(11-17)24-13-29-20/h3-8,11-12,15,24,26-27H,9,13H2,1-2H3. The number of rotatable bonds is 6. The van der Waals surface area contributed by atoms with Crippen LogP contribution in [0.5, 0.6) is 11.5 Å². The number of fused-ring (bicyclic) bond motifs is 3. The summed E-state index contributed by atoms with van der Waals surface area (Å²) in [6.45, 7) is 4.30. The third kappa shape index (κ3) is 3.37. The van der Waals surface area contributed by atoms with Crippen LogP contribution >= 0.6 is 0 Å². The van der Waals surface area contributed by atoms with E-state index in [1.807, 2.05) is 61.2 Å². The van der Waals surface area contributed by atoms with E-state index in [4.69, 9.17) is 19.6 Å². The second-order valence-electron chi connectivity index (χ2n) is 7.52. The Balaban J connectivity index is 1.42. The summed E-state index contributed by atoms with van der Waals surface area (Å²) in [6.07, 6.45) is 1.95. The van der Waals surface area contributed by atoms with Gasteiger partial charge in [-0.3, -0.25) is 4.90 Å². The predicted octanol–water partition coefficient (Wildman–Crippen LogP) is 3.51. The van der Waals surface area contributed by atoms with Gasteiger partial charge in [-0.2, -0.15) is 5.26 Å². The normalized spacial score (nSPS) is 21.5. The van der Waals surface area contributed by atoms with Crippen molar-refractivity contribution in [3.05, 3.63) is 53.9 Å². The van der Waals surface area contributed by atoms with Gasteiger partial charge in [-0.15, -0.1) is 0 Å². The molecule has 0 saturated carbocycles. The number of aliphatic imine (C=N–C) groups is 1. The Morgan fingerprint density at radius 2 is 2.16 bits per heavy atom. The third-order valence-electron chi connectivity index (χ3n) is 5.21. The summed E-state index contributed by atoms with van der Waals surface area (Å²) >= 11 is 0. The lowest BCUT2D eigenvalue weighted by Crippen LogP contribution is -2.51. The van der Waals surface area contributed by atoms with Crippen LogP contribution in [0.1, 0.15) is 20.3 Å². The Hall–Kier alpha value is -3.90. The van der Waals surface area contributed by atoms with E-state index in [9.17, 15) is 0 Å². The first-order valence-electron chi connectivity index (χ1n) is 10.0. The zero-order valence-corrected chi connectivity index (χ0v) is 17.2. The van der Waals surface area contributed by atoms with Crippen molar-refractivity contribution >= 4 is 23.3 Å². The number of nitrogens with zero attached hydrogens (tertiary/aromatic N) is 3. The fourth-order valence-electron chi connectivity index (χ4n) is 3.69. The van der Waals surface area contributed by atoms with E-state index in [0.717, 1.165) is 34.2 Å². The van der Waals surface area contributed by atoms with Gasteiger partial charge in [-0.1, -0.05) is 0 Å². The first-order valence-corrected chi connectivity index (χ1v) is 10.0. The molecule has 2 aromatic rings. The van der Waals surface area contributed by atoms with Crippen LogP contribution in [0.3, 0.4) is 0 Å². The van der Waals surface area contributed by atoms with E-state index in [1.54, 1.807) is 6.21 Å². The zero-order chi connectivity index (χ0) is 21.4. The lowest BCUT2D eigenvalue weighted by Gasteiger charge is -2.36. The van der Waals surface area contributed by atoms with E-state index in [0.29, 0.717) is 18.9 Å². The van der Waals surface area contributed by atoms with Crippen LogP contribution in [0.4, 0.5) is 17.1 Å². The number of hydroxylamine groups is 1. The molecule has 0 amide bonds. The summed E-state index contributed by atoms with van der Waals surface area (Å²) in [6, 6.07) is 15.5. The number of benzene rings is 2. The van der Waals surface area contributed by atoms with Gasteiger partial charge >= 0.3 is 5.97 Å². The van der Waals surface area contributed by atoms with Crippen molar-refractivity contribution in [1.29, 1.82) is 5.26 Å². The Bertz CT molecular complexity index is 1110. The minimum Gasteiger partial charge on any atom is -0.490 e. The number of hydrogen-bond acceptors (Lipinski definition) is 9. The Morgan fingerprint density at radius 3 is 2.97 bits per heavy atom. The molecular weight excluding hydrogens is 396 g/mol. The van der Waals surface area contributed by atoms with Crippen LogP contribution in [0.15, 0.2) is 58.9 Å². The summed E-state index contributed by atoms with van der Waals surface area (Å²) in [4.78, 5) is 12.6. The first kappa shape index (κ1) is 19.1. The molecule has 5 rings (SSSR count). The molecule has 2 bridgehead atoms. The highest BCUT2D eigenvalue weighted by Gasteiger charge is 2.49. The lowest BCUT2D eigenvalue weighted by atomic mass is 10.2. The molecule has 1 fully saturated rings. The van der Waals surface area contributed by atoms with Gasteiger partial charge < -0.3 is 20.1 Å². The highest BCUT2D eigenvalue weighted by atomic mass is 16.7. The van der Waals surface area contributed by atoms with Crippen LogP contribution < -0.4 is 30.5 Å². The molecular formula is C22H22N6O3. The van der Waals surface area contributed by atoms with Crippen molar-refractivity contribution in [3.63, 3.8) is 0 Å². The zero-order valence-electron chi connectivity index (χ0n) is 17.2. The quantitative estimate of drug-likeness (QED) is 0.655. The second-order valence-corrected chi connectivity index (χ2v) is 7.52. The van der Waals surface area contributed by atoms with Crippen LogP contribution in [0.25, 0.3) is 0 Å². The van der Waals surface area contributed by atoms with Crippen molar-refractivity contribution in [3.8, 4) is 17.6 Å². The number of hydrogen-bond donors (Lipinski definition) is 3. The van der Waals surface area contributed by atoms with E-state index in [-0.39, 0.29) is 6.10 Å². The van der Waals surface area contributed by atoms with E-state index >= 15 is 0 Å². The molecule has 31 heavy (non-hydrogen) atoms. The number of allylic oxidation sites excluding steroid dienone is 1. The summed E-state index contributed by atoms with van der Waals surface area (Å²) in [5.41, 5.74) is 6.58. The molecule has 2 atom stereocenters. The molecule has 9 heteroatoms. The summed E-state index contributed by atoms with van der Waals surface area (Å²) in [5, 5.41) is 15.4. The minimum absolute atomic E-state index is 0.170. The van der Waals surface area contributed by atoms with Crippen molar-refractivity contribution in [1.82, 2.24) is 5.48 Å². The van der Waals surface area contributed by atoms with Gasteiger partial charge in [0.05, 0.1) is 23.9 Å². The lowest BCUT2D eigenvalue weighted by molar-refractivity contribution is -0.0214. The van der Waals surface area contributed by atoms with Gasteiger partial charge in [-0.25, -0.2) is 15.3 Å².